The molecule has 0 unspecified atom stereocenters. The van der Waals surface area contributed by atoms with Crippen LogP contribution in [0.25, 0.3) is 82.4 Å². The van der Waals surface area contributed by atoms with Crippen LogP contribution in [0.15, 0.2) is 158 Å². The maximum absolute atomic E-state index is 10.9. The van der Waals surface area contributed by atoms with Crippen molar-refractivity contribution in [2.24, 2.45) is 0 Å². The van der Waals surface area contributed by atoms with E-state index in [-0.39, 0.29) is 0 Å². The maximum Gasteiger partial charge on any atom is 0.100 e. The number of aromatic nitrogens is 1. The van der Waals surface area contributed by atoms with Crippen LogP contribution in [0.5, 0.6) is 0 Å². The third-order valence-electron chi connectivity index (χ3n) is 9.92. The van der Waals surface area contributed by atoms with E-state index in [1.54, 1.807) is 0 Å². The van der Waals surface area contributed by atoms with Gasteiger partial charge in [0, 0.05) is 33.2 Å². The molecule has 0 radical (unpaired) electrons. The van der Waals surface area contributed by atoms with Gasteiger partial charge in [0.05, 0.1) is 39.9 Å². The molecule has 9 rings (SSSR count). The first kappa shape index (κ1) is 29.7. The number of fused-ring (bicyclic) bond motifs is 5. The zero-order valence-electron chi connectivity index (χ0n) is 27.3. The number of rotatable bonds is 4. The summed E-state index contributed by atoms with van der Waals surface area (Å²) in [6.45, 7) is 0. The van der Waals surface area contributed by atoms with Gasteiger partial charge in [0.25, 0.3) is 0 Å². The van der Waals surface area contributed by atoms with E-state index in [1.807, 2.05) is 84.9 Å². The standard InChI is InChI=1S/C47H26N4/c48-27-30-18-25-44-41(26-30)36-12-8-9-17-43(36)51(44)34-22-19-31(20-23-34)35-24-21-33(28-49)46(42(35)29-50)47-39-15-6-4-13-37(39)45(32-10-2-1-3-11-32)38-14-5-7-16-40(38)47/h1-26H. The molecule has 1 heterocycles. The van der Waals surface area contributed by atoms with Crippen LogP contribution in [0, 0.1) is 34.0 Å². The molecule has 8 aromatic carbocycles. The highest BCUT2D eigenvalue weighted by Crippen LogP contribution is 2.46. The number of hydrogen-bond donors (Lipinski definition) is 0. The Morgan fingerprint density at radius 1 is 0.392 bits per heavy atom. The van der Waals surface area contributed by atoms with Crippen molar-refractivity contribution in [3.8, 4) is 57.3 Å². The third-order valence-corrected chi connectivity index (χ3v) is 9.92. The van der Waals surface area contributed by atoms with Gasteiger partial charge >= 0.3 is 0 Å². The fourth-order valence-corrected chi connectivity index (χ4v) is 7.74. The van der Waals surface area contributed by atoms with Crippen molar-refractivity contribution < 1.29 is 0 Å². The lowest BCUT2D eigenvalue weighted by atomic mass is 9.82. The highest BCUT2D eigenvalue weighted by molar-refractivity contribution is 6.22. The second-order valence-electron chi connectivity index (χ2n) is 12.6. The van der Waals surface area contributed by atoms with E-state index in [0.29, 0.717) is 22.3 Å². The zero-order valence-corrected chi connectivity index (χ0v) is 27.3. The Morgan fingerprint density at radius 3 is 1.61 bits per heavy atom. The average molecular weight is 647 g/mol. The molecule has 0 aliphatic rings. The summed E-state index contributed by atoms with van der Waals surface area (Å²) in [6.07, 6.45) is 0. The molecule has 234 valence electrons. The molecule has 0 amide bonds. The molecule has 0 aliphatic carbocycles. The Bertz CT molecular complexity index is 2930. The van der Waals surface area contributed by atoms with Gasteiger partial charge in [0.1, 0.15) is 6.07 Å². The number of nitriles is 3. The lowest BCUT2D eigenvalue weighted by Gasteiger charge is -2.20. The summed E-state index contributed by atoms with van der Waals surface area (Å²) in [5.74, 6) is 0. The lowest BCUT2D eigenvalue weighted by Crippen LogP contribution is -1.98. The number of benzene rings is 8. The fourth-order valence-electron chi connectivity index (χ4n) is 7.74. The number of para-hydroxylation sites is 1. The van der Waals surface area contributed by atoms with Crippen molar-refractivity contribution in [2.45, 2.75) is 0 Å². The van der Waals surface area contributed by atoms with Gasteiger partial charge in [-0.1, -0.05) is 115 Å². The number of nitrogens with zero attached hydrogens (tertiary/aromatic N) is 4. The first-order chi connectivity index (χ1) is 25.2. The van der Waals surface area contributed by atoms with E-state index in [0.717, 1.165) is 76.9 Å². The summed E-state index contributed by atoms with van der Waals surface area (Å²) in [6, 6.07) is 60.1. The van der Waals surface area contributed by atoms with Crippen LogP contribution in [0.4, 0.5) is 0 Å². The predicted octanol–water partition coefficient (Wildman–Crippen LogP) is 11.7. The van der Waals surface area contributed by atoms with Gasteiger partial charge in [-0.3, -0.25) is 0 Å². The molecule has 51 heavy (non-hydrogen) atoms. The first-order valence-electron chi connectivity index (χ1n) is 16.7. The second kappa shape index (κ2) is 11.9. The molecule has 0 fully saturated rings. The highest BCUT2D eigenvalue weighted by atomic mass is 15.0. The topological polar surface area (TPSA) is 76.3 Å². The Balaban J connectivity index is 1.27. The fraction of sp³-hybridized carbons (Fsp3) is 0. The lowest BCUT2D eigenvalue weighted by molar-refractivity contribution is 1.18. The minimum Gasteiger partial charge on any atom is -0.309 e. The van der Waals surface area contributed by atoms with Crippen molar-refractivity contribution in [1.82, 2.24) is 4.57 Å². The molecule has 0 saturated heterocycles. The molecule has 1 aromatic heterocycles. The van der Waals surface area contributed by atoms with Crippen LogP contribution in [-0.2, 0) is 0 Å². The van der Waals surface area contributed by atoms with Crippen LogP contribution in [-0.4, -0.2) is 4.57 Å². The Labute approximate surface area is 294 Å². The molecule has 0 N–H and O–H groups in total. The molecule has 0 spiro atoms. The molecular formula is C47H26N4. The number of hydrogen-bond acceptors (Lipinski definition) is 3. The zero-order chi connectivity index (χ0) is 34.5. The summed E-state index contributed by atoms with van der Waals surface area (Å²) in [7, 11) is 0. The SMILES string of the molecule is N#Cc1ccc2c(c1)c1ccccc1n2-c1ccc(-c2ccc(C#N)c(-c3c4ccccc4c(-c4ccccc4)c4ccccc34)c2C#N)cc1. The van der Waals surface area contributed by atoms with Crippen molar-refractivity contribution in [1.29, 1.82) is 15.8 Å². The minimum absolute atomic E-state index is 0.455. The van der Waals surface area contributed by atoms with Crippen LogP contribution in [0.3, 0.4) is 0 Å². The van der Waals surface area contributed by atoms with E-state index in [9.17, 15) is 15.8 Å². The maximum atomic E-state index is 10.9. The quantitative estimate of drug-likeness (QED) is 0.179. The molecule has 4 nitrogen and oxygen atoms in total. The first-order valence-corrected chi connectivity index (χ1v) is 16.7. The molecule has 0 atom stereocenters. The minimum atomic E-state index is 0.455. The molecule has 0 bridgehead atoms. The third kappa shape index (κ3) is 4.58. The summed E-state index contributed by atoms with van der Waals surface area (Å²) in [4.78, 5) is 0. The van der Waals surface area contributed by atoms with Crippen molar-refractivity contribution in [3.63, 3.8) is 0 Å². The van der Waals surface area contributed by atoms with Crippen molar-refractivity contribution >= 4 is 43.4 Å². The largest absolute Gasteiger partial charge is 0.309 e. The van der Waals surface area contributed by atoms with Crippen LogP contribution in [0.2, 0.25) is 0 Å². The van der Waals surface area contributed by atoms with Crippen LogP contribution in [0.1, 0.15) is 16.7 Å². The molecule has 4 heteroatoms. The Kier molecular flexibility index (Phi) is 6.93. The summed E-state index contributed by atoms with van der Waals surface area (Å²) in [5, 5.41) is 37.2. The molecule has 9 aromatic rings. The van der Waals surface area contributed by atoms with E-state index >= 15 is 0 Å². The van der Waals surface area contributed by atoms with Gasteiger partial charge in [0.2, 0.25) is 0 Å². The molecule has 0 saturated carbocycles. The molecule has 0 aliphatic heterocycles. The average Bonchev–Trinajstić information content (AvgIpc) is 3.53. The van der Waals surface area contributed by atoms with E-state index in [2.05, 4.69) is 95.6 Å². The van der Waals surface area contributed by atoms with Gasteiger partial charge < -0.3 is 4.57 Å². The van der Waals surface area contributed by atoms with Gasteiger partial charge in [0.15, 0.2) is 0 Å². The highest BCUT2D eigenvalue weighted by Gasteiger charge is 2.23. The smallest absolute Gasteiger partial charge is 0.100 e. The van der Waals surface area contributed by atoms with E-state index in [1.165, 1.54) is 0 Å². The normalized spacial score (nSPS) is 11.1. The Hall–Kier alpha value is -7.45. The van der Waals surface area contributed by atoms with Gasteiger partial charge in [-0.25, -0.2) is 0 Å². The van der Waals surface area contributed by atoms with Gasteiger partial charge in [-0.05, 0) is 80.7 Å². The Morgan fingerprint density at radius 2 is 0.980 bits per heavy atom. The van der Waals surface area contributed by atoms with Crippen LogP contribution < -0.4 is 0 Å². The van der Waals surface area contributed by atoms with Gasteiger partial charge in [-0.15, -0.1) is 0 Å². The second-order valence-corrected chi connectivity index (χ2v) is 12.6. The van der Waals surface area contributed by atoms with Gasteiger partial charge in [-0.2, -0.15) is 15.8 Å². The summed E-state index contributed by atoms with van der Waals surface area (Å²) < 4.78 is 2.21. The molecular weight excluding hydrogens is 621 g/mol. The van der Waals surface area contributed by atoms with Crippen molar-refractivity contribution in [2.75, 3.05) is 0 Å². The van der Waals surface area contributed by atoms with E-state index < -0.39 is 0 Å². The predicted molar refractivity (Wildman–Crippen MR) is 206 cm³/mol. The summed E-state index contributed by atoms with van der Waals surface area (Å²) in [5.41, 5.74) is 9.98. The summed E-state index contributed by atoms with van der Waals surface area (Å²) >= 11 is 0. The van der Waals surface area contributed by atoms with Crippen LogP contribution >= 0.6 is 0 Å². The van der Waals surface area contributed by atoms with E-state index in [4.69, 9.17) is 0 Å². The van der Waals surface area contributed by atoms with Crippen molar-refractivity contribution in [3.05, 3.63) is 174 Å². The monoisotopic (exact) mass is 646 g/mol.